The summed E-state index contributed by atoms with van der Waals surface area (Å²) in [6, 6.07) is 1.55. The number of aromatic nitrogens is 3. The summed E-state index contributed by atoms with van der Waals surface area (Å²) in [7, 11) is 0. The van der Waals surface area contributed by atoms with Crippen molar-refractivity contribution in [3.63, 3.8) is 0 Å². The first kappa shape index (κ1) is 9.57. The van der Waals surface area contributed by atoms with Crippen LogP contribution in [-0.4, -0.2) is 19.5 Å². The fraction of sp³-hybridized carbons (Fsp3) is 0.333. The van der Waals surface area contributed by atoms with Gasteiger partial charge in [-0.15, -0.1) is 0 Å². The van der Waals surface area contributed by atoms with Crippen molar-refractivity contribution in [3.05, 3.63) is 28.7 Å². The Morgan fingerprint density at radius 2 is 2.20 bits per heavy atom. The molecule has 2 aromatic rings. The monoisotopic (exact) mass is 206 g/mol. The van der Waals surface area contributed by atoms with E-state index in [-0.39, 0.29) is 11.7 Å². The quantitative estimate of drug-likeness (QED) is 0.555. The van der Waals surface area contributed by atoms with Gasteiger partial charge >= 0.3 is 0 Å². The topological polar surface area (TPSA) is 73.8 Å². The third kappa shape index (κ3) is 1.43. The molecule has 78 valence electrons. The Hall–Kier alpha value is -1.98. The second kappa shape index (κ2) is 3.30. The number of rotatable bonds is 2. The van der Waals surface area contributed by atoms with Crippen LogP contribution in [0.1, 0.15) is 19.9 Å². The van der Waals surface area contributed by atoms with Crippen molar-refractivity contribution in [1.29, 1.82) is 0 Å². The van der Waals surface area contributed by atoms with Gasteiger partial charge in [0.05, 0.1) is 11.3 Å². The van der Waals surface area contributed by atoms with E-state index in [1.54, 1.807) is 6.33 Å². The van der Waals surface area contributed by atoms with E-state index in [4.69, 9.17) is 0 Å². The summed E-state index contributed by atoms with van der Waals surface area (Å²) in [5.41, 5.74) is 0.898. The maximum absolute atomic E-state index is 10.7. The SMILES string of the molecule is CC(C)n1cnc2c([N+](=O)[O-])ccnc21. The van der Waals surface area contributed by atoms with E-state index >= 15 is 0 Å². The molecule has 2 rings (SSSR count). The standard InChI is InChI=1S/C9H10N4O2/c1-6(2)12-5-11-8-7(13(14)15)3-4-10-9(8)12/h3-6H,1-2H3. The van der Waals surface area contributed by atoms with E-state index < -0.39 is 4.92 Å². The average Bonchev–Trinajstić information content (AvgIpc) is 2.59. The summed E-state index contributed by atoms with van der Waals surface area (Å²) < 4.78 is 1.81. The number of hydrogen-bond donors (Lipinski definition) is 0. The third-order valence-electron chi connectivity index (χ3n) is 2.19. The zero-order valence-corrected chi connectivity index (χ0v) is 8.41. The molecule has 0 bridgehead atoms. The first-order chi connectivity index (χ1) is 7.11. The zero-order chi connectivity index (χ0) is 11.0. The highest BCUT2D eigenvalue weighted by Crippen LogP contribution is 2.23. The third-order valence-corrected chi connectivity index (χ3v) is 2.19. The molecule has 0 saturated heterocycles. The zero-order valence-electron chi connectivity index (χ0n) is 8.41. The Morgan fingerprint density at radius 1 is 1.47 bits per heavy atom. The minimum absolute atomic E-state index is 0.000556. The molecule has 0 aliphatic rings. The van der Waals surface area contributed by atoms with Crippen LogP contribution in [0.15, 0.2) is 18.6 Å². The Morgan fingerprint density at radius 3 is 2.80 bits per heavy atom. The highest BCUT2D eigenvalue weighted by Gasteiger charge is 2.17. The van der Waals surface area contributed by atoms with Crippen LogP contribution >= 0.6 is 0 Å². The van der Waals surface area contributed by atoms with Crippen LogP contribution in [0.4, 0.5) is 5.69 Å². The molecule has 0 radical (unpaired) electrons. The molecular formula is C9H10N4O2. The van der Waals surface area contributed by atoms with Gasteiger partial charge in [0.25, 0.3) is 5.69 Å². The molecule has 0 saturated carbocycles. The molecule has 0 spiro atoms. The lowest BCUT2D eigenvalue weighted by molar-refractivity contribution is -0.383. The molecule has 0 unspecified atom stereocenters. The number of nitrogens with zero attached hydrogens (tertiary/aromatic N) is 4. The summed E-state index contributed by atoms with van der Waals surface area (Å²) in [5, 5.41) is 10.7. The van der Waals surface area contributed by atoms with Crippen molar-refractivity contribution in [3.8, 4) is 0 Å². The van der Waals surface area contributed by atoms with Crippen LogP contribution in [-0.2, 0) is 0 Å². The molecule has 2 aromatic heterocycles. The van der Waals surface area contributed by atoms with E-state index in [0.29, 0.717) is 11.2 Å². The van der Waals surface area contributed by atoms with Crippen molar-refractivity contribution in [2.45, 2.75) is 19.9 Å². The summed E-state index contributed by atoms with van der Waals surface area (Å²) in [4.78, 5) is 18.4. The number of fused-ring (bicyclic) bond motifs is 1. The van der Waals surface area contributed by atoms with Gasteiger partial charge in [-0.25, -0.2) is 9.97 Å². The molecule has 0 aromatic carbocycles. The first-order valence-electron chi connectivity index (χ1n) is 4.57. The van der Waals surface area contributed by atoms with Gasteiger partial charge in [-0.3, -0.25) is 10.1 Å². The van der Waals surface area contributed by atoms with Gasteiger partial charge in [-0.05, 0) is 13.8 Å². The maximum atomic E-state index is 10.7. The number of nitro groups is 1. The second-order valence-electron chi connectivity index (χ2n) is 3.50. The van der Waals surface area contributed by atoms with Crippen molar-refractivity contribution in [2.75, 3.05) is 0 Å². The van der Waals surface area contributed by atoms with E-state index in [2.05, 4.69) is 9.97 Å². The van der Waals surface area contributed by atoms with Gasteiger partial charge < -0.3 is 4.57 Å². The Bertz CT molecular complexity index is 518. The van der Waals surface area contributed by atoms with Crippen molar-refractivity contribution in [2.24, 2.45) is 0 Å². The summed E-state index contributed by atoms with van der Waals surface area (Å²) in [6.07, 6.45) is 3.01. The molecular weight excluding hydrogens is 196 g/mol. The average molecular weight is 206 g/mol. The minimum atomic E-state index is -0.443. The number of pyridine rings is 1. The highest BCUT2D eigenvalue weighted by atomic mass is 16.6. The molecule has 0 aliphatic carbocycles. The first-order valence-corrected chi connectivity index (χ1v) is 4.57. The molecule has 15 heavy (non-hydrogen) atoms. The van der Waals surface area contributed by atoms with Crippen LogP contribution in [0.3, 0.4) is 0 Å². The Labute approximate surface area is 85.7 Å². The van der Waals surface area contributed by atoms with Crippen LogP contribution in [0.2, 0.25) is 0 Å². The predicted octanol–water partition coefficient (Wildman–Crippen LogP) is 1.92. The van der Waals surface area contributed by atoms with Crippen LogP contribution in [0.25, 0.3) is 11.2 Å². The summed E-state index contributed by atoms with van der Waals surface area (Å²) >= 11 is 0. The van der Waals surface area contributed by atoms with Crippen molar-refractivity contribution < 1.29 is 4.92 Å². The maximum Gasteiger partial charge on any atom is 0.300 e. The number of imidazole rings is 1. The van der Waals surface area contributed by atoms with Gasteiger partial charge in [0.1, 0.15) is 0 Å². The molecule has 0 aliphatic heterocycles. The minimum Gasteiger partial charge on any atom is -0.313 e. The van der Waals surface area contributed by atoms with Crippen molar-refractivity contribution >= 4 is 16.9 Å². The highest BCUT2D eigenvalue weighted by molar-refractivity contribution is 5.81. The van der Waals surface area contributed by atoms with Crippen LogP contribution in [0.5, 0.6) is 0 Å². The second-order valence-corrected chi connectivity index (χ2v) is 3.50. The fourth-order valence-electron chi connectivity index (χ4n) is 1.45. The van der Waals surface area contributed by atoms with Gasteiger partial charge in [-0.2, -0.15) is 0 Å². The lowest BCUT2D eigenvalue weighted by Crippen LogP contribution is -2.00. The summed E-state index contributed by atoms with van der Waals surface area (Å²) in [5.74, 6) is 0. The van der Waals surface area contributed by atoms with E-state index in [0.717, 1.165) is 0 Å². The van der Waals surface area contributed by atoms with E-state index in [1.807, 2.05) is 18.4 Å². The molecule has 2 heterocycles. The largest absolute Gasteiger partial charge is 0.313 e. The van der Waals surface area contributed by atoms with Gasteiger partial charge in [0, 0.05) is 18.3 Å². The van der Waals surface area contributed by atoms with E-state index in [9.17, 15) is 10.1 Å². The predicted molar refractivity (Wildman–Crippen MR) is 54.6 cm³/mol. The van der Waals surface area contributed by atoms with Crippen molar-refractivity contribution in [1.82, 2.24) is 14.5 Å². The molecule has 0 fully saturated rings. The molecule has 0 amide bonds. The molecule has 6 nitrogen and oxygen atoms in total. The normalized spacial score (nSPS) is 11.1. The molecule has 0 atom stereocenters. The van der Waals surface area contributed by atoms with Crippen LogP contribution < -0.4 is 0 Å². The van der Waals surface area contributed by atoms with Gasteiger partial charge in [0.2, 0.25) is 0 Å². The lowest BCUT2D eigenvalue weighted by Gasteiger charge is -2.05. The number of hydrogen-bond acceptors (Lipinski definition) is 4. The van der Waals surface area contributed by atoms with Gasteiger partial charge in [-0.1, -0.05) is 0 Å². The fourth-order valence-corrected chi connectivity index (χ4v) is 1.45. The van der Waals surface area contributed by atoms with Gasteiger partial charge in [0.15, 0.2) is 11.2 Å². The molecule has 0 N–H and O–H groups in total. The summed E-state index contributed by atoms with van der Waals surface area (Å²) in [6.45, 7) is 3.95. The Kier molecular flexibility index (Phi) is 2.11. The Balaban J connectivity index is 2.74. The molecule has 6 heteroatoms. The van der Waals surface area contributed by atoms with Crippen LogP contribution in [0, 0.1) is 10.1 Å². The smallest absolute Gasteiger partial charge is 0.300 e. The van der Waals surface area contributed by atoms with E-state index in [1.165, 1.54) is 12.3 Å². The lowest BCUT2D eigenvalue weighted by atomic mass is 10.3.